The van der Waals surface area contributed by atoms with Crippen molar-refractivity contribution in [2.75, 3.05) is 20.8 Å². The fourth-order valence-corrected chi connectivity index (χ4v) is 6.47. The van der Waals surface area contributed by atoms with Crippen molar-refractivity contribution < 1.29 is 23.4 Å². The lowest BCUT2D eigenvalue weighted by Crippen LogP contribution is -2.40. The van der Waals surface area contributed by atoms with Crippen LogP contribution in [0.5, 0.6) is 11.5 Å². The quantitative estimate of drug-likeness (QED) is 0.234. The maximum Gasteiger partial charge on any atom is 0.338 e. The van der Waals surface area contributed by atoms with Gasteiger partial charge in [-0.25, -0.2) is 9.79 Å². The first-order valence-corrected chi connectivity index (χ1v) is 14.6. The van der Waals surface area contributed by atoms with E-state index in [0.29, 0.717) is 53.1 Å². The highest BCUT2D eigenvalue weighted by Crippen LogP contribution is 2.40. The Morgan fingerprint density at radius 1 is 1.15 bits per heavy atom. The number of hydrogen-bond donors (Lipinski definition) is 0. The van der Waals surface area contributed by atoms with Crippen LogP contribution in [-0.4, -0.2) is 31.4 Å². The van der Waals surface area contributed by atoms with Crippen molar-refractivity contribution in [2.24, 2.45) is 4.99 Å². The van der Waals surface area contributed by atoms with Crippen LogP contribution in [0.3, 0.4) is 0 Å². The van der Waals surface area contributed by atoms with E-state index in [4.69, 9.17) is 30.2 Å². The second-order valence-electron chi connectivity index (χ2n) is 9.19. The molecule has 8 nitrogen and oxygen atoms in total. The van der Waals surface area contributed by atoms with Crippen LogP contribution in [0.2, 0.25) is 5.02 Å². The number of ether oxygens (including phenoxy) is 3. The normalized spacial score (nSPS) is 15.0. The average Bonchev–Trinajstić information content (AvgIpc) is 3.53. The number of furan rings is 1. The number of thiazole rings is 1. The van der Waals surface area contributed by atoms with Gasteiger partial charge < -0.3 is 18.6 Å². The van der Waals surface area contributed by atoms with E-state index >= 15 is 0 Å². The smallest absolute Gasteiger partial charge is 0.338 e. The number of hydrogen-bond acceptors (Lipinski definition) is 8. The summed E-state index contributed by atoms with van der Waals surface area (Å²) in [6.45, 7) is 5.61. The lowest BCUT2D eigenvalue weighted by Gasteiger charge is -2.26. The zero-order valence-corrected chi connectivity index (χ0v) is 26.1. The van der Waals surface area contributed by atoms with Gasteiger partial charge in [0.1, 0.15) is 11.5 Å². The maximum atomic E-state index is 14.0. The number of esters is 1. The Morgan fingerprint density at radius 2 is 1.88 bits per heavy atom. The molecule has 1 atom stereocenters. The minimum Gasteiger partial charge on any atom is -0.493 e. The number of halogens is 2. The first-order valence-electron chi connectivity index (χ1n) is 12.6. The van der Waals surface area contributed by atoms with Gasteiger partial charge in [0, 0.05) is 21.1 Å². The topological polar surface area (TPSA) is 92.3 Å². The van der Waals surface area contributed by atoms with Crippen LogP contribution in [0.1, 0.15) is 36.8 Å². The summed E-state index contributed by atoms with van der Waals surface area (Å²) in [5.41, 5.74) is 2.88. The molecule has 41 heavy (non-hydrogen) atoms. The summed E-state index contributed by atoms with van der Waals surface area (Å²) in [5, 5.41) is 0.603. The molecular weight excluding hydrogens is 632 g/mol. The van der Waals surface area contributed by atoms with Crippen LogP contribution < -0.4 is 24.4 Å². The molecule has 0 spiro atoms. The summed E-state index contributed by atoms with van der Waals surface area (Å²) in [7, 11) is 3.06. The largest absolute Gasteiger partial charge is 0.493 e. The molecule has 11 heteroatoms. The van der Waals surface area contributed by atoms with Crippen molar-refractivity contribution >= 4 is 50.9 Å². The van der Waals surface area contributed by atoms with Crippen LogP contribution in [-0.2, 0) is 9.53 Å². The number of nitrogens with zero attached hydrogens (tertiary/aromatic N) is 2. The van der Waals surface area contributed by atoms with Gasteiger partial charge in [-0.1, -0.05) is 44.9 Å². The first-order chi connectivity index (χ1) is 19.7. The second kappa shape index (κ2) is 11.7. The molecule has 2 aromatic heterocycles. The zero-order chi connectivity index (χ0) is 29.4. The molecule has 1 unspecified atom stereocenters. The maximum absolute atomic E-state index is 14.0. The molecule has 4 aromatic rings. The minimum atomic E-state index is -0.831. The Bertz CT molecular complexity index is 1890. The van der Waals surface area contributed by atoms with E-state index in [1.807, 2.05) is 31.2 Å². The Hall–Kier alpha value is -3.60. The summed E-state index contributed by atoms with van der Waals surface area (Å²) in [6, 6.07) is 11.9. The molecular formula is C30H26BrClN2O6S. The van der Waals surface area contributed by atoms with Crippen molar-refractivity contribution in [3.63, 3.8) is 0 Å². The third-order valence-corrected chi connectivity index (χ3v) is 8.58. The lowest BCUT2D eigenvalue weighted by molar-refractivity contribution is -0.139. The Kier molecular flexibility index (Phi) is 8.26. The van der Waals surface area contributed by atoms with Gasteiger partial charge in [0.05, 0.1) is 42.7 Å². The number of methoxy groups -OCH3 is 2. The first kappa shape index (κ1) is 28.9. The van der Waals surface area contributed by atoms with Crippen LogP contribution in [0, 0.1) is 6.92 Å². The van der Waals surface area contributed by atoms with Crippen molar-refractivity contribution in [1.82, 2.24) is 4.57 Å². The highest BCUT2D eigenvalue weighted by Gasteiger charge is 2.35. The van der Waals surface area contributed by atoms with Crippen molar-refractivity contribution in [3.8, 4) is 22.8 Å². The fraction of sp³-hybridized carbons (Fsp3) is 0.233. The zero-order valence-electron chi connectivity index (χ0n) is 22.9. The highest BCUT2D eigenvalue weighted by molar-refractivity contribution is 9.10. The van der Waals surface area contributed by atoms with Crippen LogP contribution >= 0.6 is 38.9 Å². The molecule has 0 saturated heterocycles. The SMILES string of the molecule is CCOC(=O)C1=C(C)N=c2s/c(=C\c3ccc(-c4cc(Cl)ccc4C)o3)c(=O)n2C1c1cc(OC)c(OC)cc1Br. The molecule has 212 valence electrons. The second-order valence-corrected chi connectivity index (χ2v) is 11.5. The summed E-state index contributed by atoms with van der Waals surface area (Å²) in [6.07, 6.45) is 1.68. The monoisotopic (exact) mass is 656 g/mol. The number of fused-ring (bicyclic) bond motifs is 1. The molecule has 1 aliphatic rings. The molecule has 1 aliphatic heterocycles. The van der Waals surface area contributed by atoms with Crippen molar-refractivity contribution in [2.45, 2.75) is 26.8 Å². The molecule has 5 rings (SSSR count). The Morgan fingerprint density at radius 3 is 2.59 bits per heavy atom. The van der Waals surface area contributed by atoms with E-state index in [0.717, 1.165) is 11.1 Å². The van der Waals surface area contributed by atoms with E-state index in [-0.39, 0.29) is 17.7 Å². The van der Waals surface area contributed by atoms with Gasteiger partial charge in [-0.2, -0.15) is 0 Å². The van der Waals surface area contributed by atoms with Gasteiger partial charge in [-0.05, 0) is 68.3 Å². The number of allylic oxidation sites excluding steroid dienone is 1. The Balaban J connectivity index is 1.69. The van der Waals surface area contributed by atoms with Gasteiger partial charge in [-0.15, -0.1) is 0 Å². The molecule has 0 N–H and O–H groups in total. The number of aryl methyl sites for hydroxylation is 1. The summed E-state index contributed by atoms with van der Waals surface area (Å²) in [4.78, 5) is 32.3. The highest BCUT2D eigenvalue weighted by atomic mass is 79.9. The predicted molar refractivity (Wildman–Crippen MR) is 162 cm³/mol. The van der Waals surface area contributed by atoms with E-state index in [1.165, 1.54) is 30.1 Å². The van der Waals surface area contributed by atoms with Gasteiger partial charge in [0.15, 0.2) is 16.3 Å². The lowest BCUT2D eigenvalue weighted by atomic mass is 9.95. The van der Waals surface area contributed by atoms with Crippen molar-refractivity contribution in [1.29, 1.82) is 0 Å². The third kappa shape index (κ3) is 5.39. The van der Waals surface area contributed by atoms with Gasteiger partial charge in [0.25, 0.3) is 5.56 Å². The van der Waals surface area contributed by atoms with E-state index in [1.54, 1.807) is 38.1 Å². The molecule has 0 saturated carbocycles. The van der Waals surface area contributed by atoms with Crippen LogP contribution in [0.4, 0.5) is 0 Å². The molecule has 0 fully saturated rings. The van der Waals surface area contributed by atoms with E-state index in [2.05, 4.69) is 20.9 Å². The molecule has 0 radical (unpaired) electrons. The molecule has 3 heterocycles. The van der Waals surface area contributed by atoms with Crippen LogP contribution in [0.15, 0.2) is 72.4 Å². The standard InChI is InChI=1S/C30H26BrClN2O6S/c1-6-39-29(36)26-16(3)33-30-34(27(26)20-13-23(37-4)24(38-5)14-21(20)31)28(35)25(41-30)12-18-9-10-22(40-18)19-11-17(32)8-7-15(19)2/h7-14,27H,6H2,1-5H3/b25-12-. The van der Waals surface area contributed by atoms with Crippen molar-refractivity contribution in [3.05, 3.63) is 99.8 Å². The average molecular weight is 658 g/mol. The number of carbonyl (C=O) groups excluding carboxylic acids is 1. The van der Waals surface area contributed by atoms with E-state index < -0.39 is 12.0 Å². The number of rotatable bonds is 7. The number of aromatic nitrogens is 1. The number of benzene rings is 2. The van der Waals surface area contributed by atoms with Gasteiger partial charge in [0.2, 0.25) is 0 Å². The summed E-state index contributed by atoms with van der Waals surface area (Å²) < 4.78 is 25.0. The van der Waals surface area contributed by atoms with Crippen LogP contribution in [0.25, 0.3) is 17.4 Å². The summed E-state index contributed by atoms with van der Waals surface area (Å²) in [5.74, 6) is 1.52. The fourth-order valence-electron chi connectivity index (χ4n) is 4.73. The number of carbonyl (C=O) groups is 1. The predicted octanol–water partition coefficient (Wildman–Crippen LogP) is 5.80. The third-order valence-electron chi connectivity index (χ3n) is 6.68. The summed E-state index contributed by atoms with van der Waals surface area (Å²) >= 11 is 11.0. The molecule has 0 amide bonds. The van der Waals surface area contributed by atoms with Gasteiger partial charge in [-0.3, -0.25) is 9.36 Å². The van der Waals surface area contributed by atoms with Gasteiger partial charge >= 0.3 is 5.97 Å². The minimum absolute atomic E-state index is 0.173. The molecule has 2 aromatic carbocycles. The molecule has 0 aliphatic carbocycles. The molecule has 0 bridgehead atoms. The Labute approximate surface area is 253 Å². The van der Waals surface area contributed by atoms with E-state index in [9.17, 15) is 9.59 Å².